The highest BCUT2D eigenvalue weighted by atomic mass is 79.9. The number of hydrogen-bond acceptors (Lipinski definition) is 5. The van der Waals surface area contributed by atoms with Crippen LogP contribution in [-0.4, -0.2) is 49.8 Å². The second-order valence-electron chi connectivity index (χ2n) is 12.3. The SMILES string of the molecule is C=CC[C@@]1(n2ccc(=O)[nH]c2=O)O[C@H](CO[Si](C)(C)C(C)(C)C)[C@@H](O[Si](C)(C)C(C)(C)C)[C@@H]1Br. The monoisotopic (exact) mass is 574 g/mol. The third-order valence-corrected chi connectivity index (χ3v) is 18.0. The topological polar surface area (TPSA) is 82.6 Å². The van der Waals surface area contributed by atoms with Crippen molar-refractivity contribution in [2.75, 3.05) is 6.61 Å². The van der Waals surface area contributed by atoms with E-state index in [0.717, 1.165) is 0 Å². The smallest absolute Gasteiger partial charge is 0.330 e. The number of alkyl halides is 1. The molecule has 7 nitrogen and oxygen atoms in total. The summed E-state index contributed by atoms with van der Waals surface area (Å²) in [5.41, 5.74) is -2.10. The molecule has 1 aromatic heterocycles. The summed E-state index contributed by atoms with van der Waals surface area (Å²) in [6, 6.07) is 1.33. The van der Waals surface area contributed by atoms with Crippen LogP contribution in [0.1, 0.15) is 48.0 Å². The van der Waals surface area contributed by atoms with E-state index < -0.39 is 39.7 Å². The Morgan fingerprint density at radius 2 is 1.71 bits per heavy atom. The highest BCUT2D eigenvalue weighted by Crippen LogP contribution is 2.48. The van der Waals surface area contributed by atoms with Gasteiger partial charge in [-0.2, -0.15) is 0 Å². The molecule has 2 heterocycles. The van der Waals surface area contributed by atoms with E-state index in [1.165, 1.54) is 16.8 Å². The van der Waals surface area contributed by atoms with Gasteiger partial charge >= 0.3 is 5.69 Å². The van der Waals surface area contributed by atoms with Crippen LogP contribution in [-0.2, 0) is 19.3 Å². The summed E-state index contributed by atoms with van der Waals surface area (Å²) in [7, 11) is -4.26. The molecule has 0 radical (unpaired) electrons. The van der Waals surface area contributed by atoms with Gasteiger partial charge in [-0.1, -0.05) is 63.5 Å². The molecular weight excluding hydrogens is 532 g/mol. The quantitative estimate of drug-likeness (QED) is 0.257. The van der Waals surface area contributed by atoms with E-state index in [1.807, 2.05) is 0 Å². The van der Waals surface area contributed by atoms with Gasteiger partial charge in [0.15, 0.2) is 22.4 Å². The van der Waals surface area contributed by atoms with E-state index in [4.69, 9.17) is 13.6 Å². The molecule has 0 spiro atoms. The zero-order valence-corrected chi connectivity index (χ0v) is 26.0. The lowest BCUT2D eigenvalue weighted by molar-refractivity contribution is -0.113. The maximum Gasteiger partial charge on any atom is 0.330 e. The van der Waals surface area contributed by atoms with Gasteiger partial charge in [-0.15, -0.1) is 6.58 Å². The van der Waals surface area contributed by atoms with Crippen LogP contribution in [0.25, 0.3) is 0 Å². The van der Waals surface area contributed by atoms with Crippen molar-refractivity contribution in [3.63, 3.8) is 0 Å². The van der Waals surface area contributed by atoms with Crippen molar-refractivity contribution in [3.05, 3.63) is 45.8 Å². The standard InChI is InChI=1S/C24H43BrN2O5Si2/c1-12-14-24(27-15-13-18(28)26-21(27)29)20(25)19(32-34(10,11)23(5,6)7)17(31-24)16-30-33(8,9)22(2,3)4/h12-13,15,17,19-20H,1,14,16H2,2-11H3,(H,26,28,29)/t17-,19-,20+,24-/m1/s1. The van der Waals surface area contributed by atoms with Crippen molar-refractivity contribution in [2.24, 2.45) is 0 Å². The molecule has 0 aliphatic carbocycles. The highest BCUT2D eigenvalue weighted by Gasteiger charge is 2.58. The fourth-order valence-corrected chi connectivity index (χ4v) is 7.00. The Hall–Kier alpha value is -0.786. The summed E-state index contributed by atoms with van der Waals surface area (Å²) in [6.45, 7) is 26.3. The molecule has 0 amide bonds. The number of nitrogens with zero attached hydrogens (tertiary/aromatic N) is 1. The molecule has 1 aliphatic rings. The van der Waals surface area contributed by atoms with Gasteiger partial charge in [0.25, 0.3) is 5.56 Å². The fraction of sp³-hybridized carbons (Fsp3) is 0.750. The molecule has 34 heavy (non-hydrogen) atoms. The summed E-state index contributed by atoms with van der Waals surface area (Å²) in [5.74, 6) is 0. The predicted octanol–water partition coefficient (Wildman–Crippen LogP) is 5.34. The van der Waals surface area contributed by atoms with Gasteiger partial charge in [0.05, 0.1) is 17.5 Å². The molecule has 2 rings (SSSR count). The van der Waals surface area contributed by atoms with Crippen molar-refractivity contribution in [1.29, 1.82) is 0 Å². The fourth-order valence-electron chi connectivity index (χ4n) is 3.50. The number of hydrogen-bond donors (Lipinski definition) is 1. The Morgan fingerprint density at radius 1 is 1.15 bits per heavy atom. The number of halogens is 1. The summed E-state index contributed by atoms with van der Waals surface area (Å²) < 4.78 is 21.6. The highest BCUT2D eigenvalue weighted by molar-refractivity contribution is 9.09. The van der Waals surface area contributed by atoms with Crippen LogP contribution in [0.15, 0.2) is 34.5 Å². The summed E-state index contributed by atoms with van der Waals surface area (Å²) in [5, 5.41) is 0.0340. The molecule has 0 aromatic carbocycles. The van der Waals surface area contributed by atoms with Gasteiger partial charge in [-0.25, -0.2) is 4.79 Å². The van der Waals surface area contributed by atoms with Gasteiger partial charge in [-0.05, 0) is 36.3 Å². The van der Waals surface area contributed by atoms with Crippen molar-refractivity contribution in [2.45, 2.75) is 107 Å². The number of aromatic nitrogens is 2. The van der Waals surface area contributed by atoms with Gasteiger partial charge in [0.1, 0.15) is 6.10 Å². The molecule has 1 saturated heterocycles. The van der Waals surface area contributed by atoms with E-state index in [2.05, 4.69) is 95.2 Å². The first-order valence-corrected chi connectivity index (χ1v) is 18.6. The number of nitrogens with one attached hydrogen (secondary N) is 1. The van der Waals surface area contributed by atoms with E-state index in [9.17, 15) is 9.59 Å². The molecule has 194 valence electrons. The lowest BCUT2D eigenvalue weighted by Crippen LogP contribution is -2.52. The minimum absolute atomic E-state index is 0.0108. The molecule has 1 aliphatic heterocycles. The molecule has 0 saturated carbocycles. The van der Waals surface area contributed by atoms with Crippen LogP contribution < -0.4 is 11.2 Å². The summed E-state index contributed by atoms with van der Waals surface area (Å²) in [6.07, 6.45) is 2.80. The Labute approximate surface area is 214 Å². The van der Waals surface area contributed by atoms with E-state index in [-0.39, 0.29) is 21.0 Å². The molecule has 1 N–H and O–H groups in total. The van der Waals surface area contributed by atoms with Crippen LogP contribution in [0.3, 0.4) is 0 Å². The van der Waals surface area contributed by atoms with Crippen LogP contribution in [0, 0.1) is 0 Å². The molecule has 0 bridgehead atoms. The van der Waals surface area contributed by atoms with Gasteiger partial charge in [0, 0.05) is 18.7 Å². The Morgan fingerprint density at radius 3 is 2.18 bits per heavy atom. The first kappa shape index (κ1) is 29.4. The zero-order valence-electron chi connectivity index (χ0n) is 22.5. The van der Waals surface area contributed by atoms with E-state index >= 15 is 0 Å². The molecule has 0 unspecified atom stereocenters. The van der Waals surface area contributed by atoms with Crippen molar-refractivity contribution in [1.82, 2.24) is 9.55 Å². The number of ether oxygens (including phenoxy) is 1. The number of H-pyrrole nitrogens is 1. The van der Waals surface area contributed by atoms with Crippen LogP contribution in [0.4, 0.5) is 0 Å². The Balaban J connectivity index is 2.57. The number of aromatic amines is 1. The Bertz CT molecular complexity index is 993. The van der Waals surface area contributed by atoms with E-state index in [0.29, 0.717) is 13.0 Å². The summed E-state index contributed by atoms with van der Waals surface area (Å²) in [4.78, 5) is 26.6. The van der Waals surface area contributed by atoms with Gasteiger partial charge in [-0.3, -0.25) is 14.3 Å². The maximum absolute atomic E-state index is 12.9. The zero-order chi connectivity index (χ0) is 26.3. The van der Waals surface area contributed by atoms with Crippen LogP contribution >= 0.6 is 15.9 Å². The lowest BCUT2D eigenvalue weighted by atomic mass is 10.0. The minimum Gasteiger partial charge on any atom is -0.414 e. The first-order chi connectivity index (χ1) is 15.3. The van der Waals surface area contributed by atoms with Crippen LogP contribution in [0.5, 0.6) is 0 Å². The summed E-state index contributed by atoms with van der Waals surface area (Å²) >= 11 is 3.87. The molecular formula is C24H43BrN2O5Si2. The molecule has 1 fully saturated rings. The Kier molecular flexibility index (Phi) is 8.60. The molecule has 4 atom stereocenters. The second kappa shape index (κ2) is 9.93. The van der Waals surface area contributed by atoms with Crippen molar-refractivity contribution in [3.8, 4) is 0 Å². The van der Waals surface area contributed by atoms with Crippen LogP contribution in [0.2, 0.25) is 36.3 Å². The first-order valence-electron chi connectivity index (χ1n) is 11.9. The average molecular weight is 576 g/mol. The van der Waals surface area contributed by atoms with Gasteiger partial charge < -0.3 is 13.6 Å². The lowest BCUT2D eigenvalue weighted by Gasteiger charge is -2.41. The predicted molar refractivity (Wildman–Crippen MR) is 147 cm³/mol. The van der Waals surface area contributed by atoms with Crippen molar-refractivity contribution < 1.29 is 13.6 Å². The average Bonchev–Trinajstić information content (AvgIpc) is 2.91. The van der Waals surface area contributed by atoms with E-state index in [1.54, 1.807) is 6.08 Å². The third kappa shape index (κ3) is 5.78. The third-order valence-electron chi connectivity index (χ3n) is 7.76. The maximum atomic E-state index is 12.9. The number of rotatable bonds is 8. The molecule has 1 aromatic rings. The van der Waals surface area contributed by atoms with Gasteiger partial charge in [0.2, 0.25) is 0 Å². The van der Waals surface area contributed by atoms with Crippen molar-refractivity contribution >= 4 is 32.6 Å². The molecule has 10 heteroatoms. The minimum atomic E-state index is -2.20. The largest absolute Gasteiger partial charge is 0.414 e. The normalized spacial score (nSPS) is 26.6. The second-order valence-corrected chi connectivity index (χ2v) is 22.8.